The van der Waals surface area contributed by atoms with Gasteiger partial charge in [0, 0.05) is 11.6 Å². The maximum absolute atomic E-state index is 13.3. The molecule has 0 fully saturated rings. The largest absolute Gasteiger partial charge is 0.488 e. The molecule has 2 rings (SSSR count). The molecule has 2 N–H and O–H groups in total. The van der Waals surface area contributed by atoms with E-state index in [4.69, 9.17) is 9.84 Å². The van der Waals surface area contributed by atoms with Crippen LogP contribution < -0.4 is 4.74 Å². The van der Waals surface area contributed by atoms with Gasteiger partial charge in [0.25, 0.3) is 0 Å². The average molecular weight is 290 g/mol. The summed E-state index contributed by atoms with van der Waals surface area (Å²) in [5, 5.41) is 18.4. The van der Waals surface area contributed by atoms with E-state index in [0.717, 1.165) is 5.56 Å². The van der Waals surface area contributed by atoms with E-state index < -0.39 is 17.9 Å². The maximum Gasteiger partial charge on any atom is 0.335 e. The van der Waals surface area contributed by atoms with Crippen LogP contribution in [0.25, 0.3) is 0 Å². The molecule has 2 aromatic rings. The standard InChI is InChI=1S/C16H15FO4/c1-10(18)14-7-6-13(17)8-15(14)21-9-11-2-4-12(5-3-11)16(19)20/h2-8,10,18H,9H2,1H3,(H,19,20). The Labute approximate surface area is 121 Å². The van der Waals surface area contributed by atoms with Crippen LogP contribution in [0.4, 0.5) is 4.39 Å². The molecular formula is C16H15FO4. The lowest BCUT2D eigenvalue weighted by Gasteiger charge is -2.13. The first-order valence-corrected chi connectivity index (χ1v) is 6.40. The van der Waals surface area contributed by atoms with Crippen molar-refractivity contribution in [1.29, 1.82) is 0 Å². The molecular weight excluding hydrogens is 275 g/mol. The van der Waals surface area contributed by atoms with Crippen molar-refractivity contribution in [1.82, 2.24) is 0 Å². The van der Waals surface area contributed by atoms with Crippen molar-refractivity contribution in [3.05, 3.63) is 65.0 Å². The van der Waals surface area contributed by atoms with E-state index in [1.165, 1.54) is 30.3 Å². The topological polar surface area (TPSA) is 66.8 Å². The predicted molar refractivity (Wildman–Crippen MR) is 74.8 cm³/mol. The second-order valence-electron chi connectivity index (χ2n) is 4.65. The molecule has 21 heavy (non-hydrogen) atoms. The second-order valence-corrected chi connectivity index (χ2v) is 4.65. The fourth-order valence-electron chi connectivity index (χ4n) is 1.88. The van der Waals surface area contributed by atoms with Gasteiger partial charge in [-0.1, -0.05) is 12.1 Å². The highest BCUT2D eigenvalue weighted by molar-refractivity contribution is 5.87. The number of hydrogen-bond donors (Lipinski definition) is 2. The van der Waals surface area contributed by atoms with Crippen molar-refractivity contribution < 1.29 is 24.1 Å². The van der Waals surface area contributed by atoms with Crippen LogP contribution in [-0.4, -0.2) is 16.2 Å². The first-order chi connectivity index (χ1) is 9.97. The van der Waals surface area contributed by atoms with Crippen LogP contribution in [-0.2, 0) is 6.61 Å². The molecule has 0 saturated carbocycles. The molecule has 0 aliphatic carbocycles. The number of benzene rings is 2. The van der Waals surface area contributed by atoms with Gasteiger partial charge in [0.2, 0.25) is 0 Å². The zero-order valence-electron chi connectivity index (χ0n) is 11.4. The van der Waals surface area contributed by atoms with Crippen molar-refractivity contribution >= 4 is 5.97 Å². The van der Waals surface area contributed by atoms with E-state index in [1.807, 2.05) is 0 Å². The van der Waals surface area contributed by atoms with Crippen LogP contribution in [0.5, 0.6) is 5.75 Å². The molecule has 0 amide bonds. The smallest absolute Gasteiger partial charge is 0.335 e. The van der Waals surface area contributed by atoms with Gasteiger partial charge in [-0.2, -0.15) is 0 Å². The van der Waals surface area contributed by atoms with E-state index in [-0.39, 0.29) is 17.9 Å². The minimum absolute atomic E-state index is 0.156. The molecule has 0 spiro atoms. The Bertz CT molecular complexity index is 635. The molecule has 0 heterocycles. The Morgan fingerprint density at radius 3 is 2.48 bits per heavy atom. The first kappa shape index (κ1) is 15.0. The van der Waals surface area contributed by atoms with Gasteiger partial charge in [0.05, 0.1) is 11.7 Å². The highest BCUT2D eigenvalue weighted by Gasteiger charge is 2.11. The van der Waals surface area contributed by atoms with Crippen molar-refractivity contribution in [3.8, 4) is 5.75 Å². The van der Waals surface area contributed by atoms with E-state index in [9.17, 15) is 14.3 Å². The summed E-state index contributed by atoms with van der Waals surface area (Å²) in [6, 6.07) is 10.2. The number of rotatable bonds is 5. The minimum Gasteiger partial charge on any atom is -0.488 e. The molecule has 0 aromatic heterocycles. The second kappa shape index (κ2) is 6.37. The third-order valence-electron chi connectivity index (χ3n) is 3.02. The summed E-state index contributed by atoms with van der Waals surface area (Å²) in [6.45, 7) is 1.73. The minimum atomic E-state index is -0.996. The van der Waals surface area contributed by atoms with Gasteiger partial charge in [0.1, 0.15) is 18.2 Å². The number of aliphatic hydroxyl groups excluding tert-OH is 1. The summed E-state index contributed by atoms with van der Waals surface area (Å²) < 4.78 is 18.8. The molecule has 110 valence electrons. The molecule has 0 saturated heterocycles. The Morgan fingerprint density at radius 1 is 1.24 bits per heavy atom. The SMILES string of the molecule is CC(O)c1ccc(F)cc1OCc1ccc(C(=O)O)cc1. The van der Waals surface area contributed by atoms with Gasteiger partial charge in [-0.3, -0.25) is 0 Å². The number of aliphatic hydroxyl groups is 1. The Hall–Kier alpha value is -2.40. The van der Waals surface area contributed by atoms with Gasteiger partial charge >= 0.3 is 5.97 Å². The molecule has 0 radical (unpaired) electrons. The summed E-state index contributed by atoms with van der Waals surface area (Å²) >= 11 is 0. The number of halogens is 1. The normalized spacial score (nSPS) is 12.0. The number of carboxylic acids is 1. The fourth-order valence-corrected chi connectivity index (χ4v) is 1.88. The van der Waals surface area contributed by atoms with Crippen LogP contribution in [0.3, 0.4) is 0 Å². The molecule has 0 aliphatic rings. The predicted octanol–water partition coefficient (Wildman–Crippen LogP) is 3.16. The Kier molecular flexibility index (Phi) is 4.55. The third-order valence-corrected chi connectivity index (χ3v) is 3.02. The summed E-state index contributed by atoms with van der Waals surface area (Å²) in [6.07, 6.45) is -0.769. The summed E-state index contributed by atoms with van der Waals surface area (Å²) in [4.78, 5) is 10.7. The number of hydrogen-bond acceptors (Lipinski definition) is 3. The van der Waals surface area contributed by atoms with Gasteiger partial charge in [0.15, 0.2) is 0 Å². The molecule has 0 bridgehead atoms. The summed E-state index contributed by atoms with van der Waals surface area (Å²) in [5.74, 6) is -1.17. The van der Waals surface area contributed by atoms with E-state index in [2.05, 4.69) is 0 Å². The summed E-state index contributed by atoms with van der Waals surface area (Å²) in [7, 11) is 0. The van der Waals surface area contributed by atoms with Gasteiger partial charge in [-0.15, -0.1) is 0 Å². The van der Waals surface area contributed by atoms with Crippen molar-refractivity contribution in [2.45, 2.75) is 19.6 Å². The first-order valence-electron chi connectivity index (χ1n) is 6.40. The zero-order valence-corrected chi connectivity index (χ0v) is 11.4. The molecule has 0 aliphatic heterocycles. The number of carbonyl (C=O) groups is 1. The van der Waals surface area contributed by atoms with Gasteiger partial charge < -0.3 is 14.9 Å². The fraction of sp³-hybridized carbons (Fsp3) is 0.188. The lowest BCUT2D eigenvalue weighted by atomic mass is 10.1. The molecule has 1 atom stereocenters. The lowest BCUT2D eigenvalue weighted by molar-refractivity contribution is 0.0697. The highest BCUT2D eigenvalue weighted by atomic mass is 19.1. The van der Waals surface area contributed by atoms with Gasteiger partial charge in [-0.25, -0.2) is 9.18 Å². The number of aromatic carboxylic acids is 1. The van der Waals surface area contributed by atoms with E-state index in [0.29, 0.717) is 5.56 Å². The van der Waals surface area contributed by atoms with Crippen molar-refractivity contribution in [2.24, 2.45) is 0 Å². The van der Waals surface area contributed by atoms with Crippen molar-refractivity contribution in [2.75, 3.05) is 0 Å². The molecule has 4 nitrogen and oxygen atoms in total. The Balaban J connectivity index is 2.12. The monoisotopic (exact) mass is 290 g/mol. The van der Waals surface area contributed by atoms with E-state index >= 15 is 0 Å². The van der Waals surface area contributed by atoms with Crippen LogP contribution in [0.2, 0.25) is 0 Å². The highest BCUT2D eigenvalue weighted by Crippen LogP contribution is 2.26. The van der Waals surface area contributed by atoms with Crippen LogP contribution in [0.1, 0.15) is 34.5 Å². The van der Waals surface area contributed by atoms with Crippen LogP contribution in [0, 0.1) is 5.82 Å². The summed E-state index contributed by atoms with van der Waals surface area (Å²) in [5.41, 5.74) is 1.44. The number of ether oxygens (including phenoxy) is 1. The quantitative estimate of drug-likeness (QED) is 0.887. The Morgan fingerprint density at radius 2 is 1.90 bits per heavy atom. The molecule has 5 heteroatoms. The van der Waals surface area contributed by atoms with Crippen molar-refractivity contribution in [3.63, 3.8) is 0 Å². The average Bonchev–Trinajstić information content (AvgIpc) is 2.45. The third kappa shape index (κ3) is 3.79. The van der Waals surface area contributed by atoms with Crippen LogP contribution in [0.15, 0.2) is 42.5 Å². The van der Waals surface area contributed by atoms with Crippen LogP contribution >= 0.6 is 0 Å². The van der Waals surface area contributed by atoms with Gasteiger partial charge in [-0.05, 0) is 36.8 Å². The maximum atomic E-state index is 13.3. The van der Waals surface area contributed by atoms with E-state index in [1.54, 1.807) is 19.1 Å². The molecule has 2 aromatic carbocycles. The lowest BCUT2D eigenvalue weighted by Crippen LogP contribution is -2.02. The number of carboxylic acid groups (broad SMARTS) is 1. The zero-order chi connectivity index (χ0) is 15.4. The molecule has 1 unspecified atom stereocenters.